The fraction of sp³-hybridized carbons (Fsp3) is 0.459. The Morgan fingerprint density at radius 2 is 0.792 bits per heavy atom. The van der Waals surface area contributed by atoms with Crippen LogP contribution in [0, 0.1) is 0 Å². The summed E-state index contributed by atoms with van der Waals surface area (Å²) in [6, 6.07) is 20.0. The van der Waals surface area contributed by atoms with Crippen molar-refractivity contribution in [3.05, 3.63) is 94.5 Å². The molecule has 0 unspecified atom stereocenters. The number of hydrogen-bond donors (Lipinski definition) is 4. The molecule has 2 aromatic rings. The Bertz CT molecular complexity index is 1240. The normalized spacial score (nSPS) is 14.0. The zero-order valence-electron chi connectivity index (χ0n) is 30.7. The molecule has 0 spiro atoms. The van der Waals surface area contributed by atoms with Gasteiger partial charge in [-0.3, -0.25) is 0 Å². The van der Waals surface area contributed by atoms with E-state index in [9.17, 15) is 29.4 Å². The topological polar surface area (TPSA) is 216 Å². The molecule has 2 heterocycles. The van der Waals surface area contributed by atoms with Crippen LogP contribution < -0.4 is 11.5 Å². The van der Waals surface area contributed by atoms with E-state index in [0.717, 1.165) is 0 Å². The number of benzene rings is 2. The highest BCUT2D eigenvalue weighted by atomic mass is 16.8. The number of rotatable bonds is 6. The molecular formula is C37H66B2N2O12-2. The van der Waals surface area contributed by atoms with E-state index in [2.05, 4.69) is 9.47 Å². The van der Waals surface area contributed by atoms with Gasteiger partial charge in [-0.05, 0) is 11.1 Å². The third kappa shape index (κ3) is 22.8. The Labute approximate surface area is 318 Å². The van der Waals surface area contributed by atoms with Gasteiger partial charge in [0.2, 0.25) is 0 Å². The van der Waals surface area contributed by atoms with E-state index < -0.39 is 58.1 Å². The van der Waals surface area contributed by atoms with Gasteiger partial charge in [0.05, 0.1) is 0 Å². The van der Waals surface area contributed by atoms with Crippen molar-refractivity contribution in [2.45, 2.75) is 87.5 Å². The van der Waals surface area contributed by atoms with E-state index in [1.165, 1.54) is 53.0 Å². The molecule has 0 saturated carbocycles. The molecule has 304 valence electrons. The van der Waals surface area contributed by atoms with E-state index in [1.807, 2.05) is 88.4 Å². The van der Waals surface area contributed by atoms with Crippen LogP contribution in [0.15, 0.2) is 83.3 Å². The Balaban J connectivity index is -0.000000189. The van der Waals surface area contributed by atoms with Crippen LogP contribution in [0.3, 0.4) is 0 Å². The SMILES string of the molecule is C.CC.CC.COCC(O)=C1C(=O)OC(C)(C)OC1=O.COCC(O)=C1C(=O)OC(C)(C)OC1=O.NCc1ccccc1.NCc1ccccc1.[BH4-].[BH4-]. The summed E-state index contributed by atoms with van der Waals surface area (Å²) >= 11 is 0. The Kier molecular flexibility index (Phi) is 33.7. The minimum absolute atomic E-state index is 0. The van der Waals surface area contributed by atoms with Gasteiger partial charge < -0.3 is 50.1 Å². The third-order valence-corrected chi connectivity index (χ3v) is 5.47. The Morgan fingerprint density at radius 1 is 0.566 bits per heavy atom. The van der Waals surface area contributed by atoms with Crippen LogP contribution in [0.2, 0.25) is 0 Å². The van der Waals surface area contributed by atoms with Crippen LogP contribution in [0.25, 0.3) is 0 Å². The van der Waals surface area contributed by atoms with E-state index in [-0.39, 0.29) is 37.5 Å². The van der Waals surface area contributed by atoms with Crippen LogP contribution in [-0.4, -0.2) is 89.9 Å². The van der Waals surface area contributed by atoms with Crippen molar-refractivity contribution >= 4 is 40.7 Å². The number of aliphatic hydroxyl groups excluding tert-OH is 2. The maximum Gasteiger partial charge on any atom is 0.352 e. The summed E-state index contributed by atoms with van der Waals surface area (Å²) in [6.45, 7) is 14.5. The largest absolute Gasteiger partial charge is 0.509 e. The smallest absolute Gasteiger partial charge is 0.352 e. The first-order valence-electron chi connectivity index (χ1n) is 15.8. The molecular weight excluding hydrogens is 686 g/mol. The maximum absolute atomic E-state index is 11.3. The fourth-order valence-corrected chi connectivity index (χ4v) is 3.42. The number of carbonyl (C=O) groups is 4. The molecule has 6 N–H and O–H groups in total. The summed E-state index contributed by atoms with van der Waals surface area (Å²) in [5, 5.41) is 18.7. The lowest BCUT2D eigenvalue weighted by atomic mass is 10.2. The summed E-state index contributed by atoms with van der Waals surface area (Å²) < 4.78 is 28.2. The van der Waals surface area contributed by atoms with Crippen LogP contribution in [0.5, 0.6) is 0 Å². The summed E-state index contributed by atoms with van der Waals surface area (Å²) in [7, 11) is 2.64. The number of hydrogen-bond acceptors (Lipinski definition) is 14. The average molecular weight is 753 g/mol. The monoisotopic (exact) mass is 752 g/mol. The van der Waals surface area contributed by atoms with Crippen molar-refractivity contribution in [3.63, 3.8) is 0 Å². The van der Waals surface area contributed by atoms with Gasteiger partial charge in [-0.25, -0.2) is 19.2 Å². The number of methoxy groups -OCH3 is 2. The van der Waals surface area contributed by atoms with Gasteiger partial charge in [0.25, 0.3) is 11.6 Å². The van der Waals surface area contributed by atoms with Crippen molar-refractivity contribution in [3.8, 4) is 0 Å². The number of nitrogens with two attached hydrogens (primary N) is 2. The lowest BCUT2D eigenvalue weighted by molar-refractivity contribution is -0.224. The van der Waals surface area contributed by atoms with E-state index >= 15 is 0 Å². The van der Waals surface area contributed by atoms with Gasteiger partial charge in [0.15, 0.2) is 11.1 Å². The van der Waals surface area contributed by atoms with Gasteiger partial charge in [0.1, 0.15) is 24.7 Å². The van der Waals surface area contributed by atoms with Crippen molar-refractivity contribution < 1.29 is 57.8 Å². The third-order valence-electron chi connectivity index (χ3n) is 5.47. The molecule has 0 aromatic heterocycles. The molecule has 4 rings (SSSR count). The molecule has 14 nitrogen and oxygen atoms in total. The minimum atomic E-state index is -1.30. The maximum atomic E-state index is 11.3. The Morgan fingerprint density at radius 3 is 0.962 bits per heavy atom. The second kappa shape index (κ2) is 30.9. The number of aliphatic hydroxyl groups is 2. The molecule has 2 saturated heterocycles. The van der Waals surface area contributed by atoms with Crippen molar-refractivity contribution in [1.82, 2.24) is 0 Å². The van der Waals surface area contributed by atoms with Crippen molar-refractivity contribution in [2.24, 2.45) is 11.5 Å². The van der Waals surface area contributed by atoms with Crippen LogP contribution >= 0.6 is 0 Å². The molecule has 2 fully saturated rings. The van der Waals surface area contributed by atoms with Crippen LogP contribution in [0.1, 0.15) is 73.9 Å². The van der Waals surface area contributed by atoms with Crippen LogP contribution in [0.4, 0.5) is 0 Å². The standard InChI is InChI=1S/2C9H12O6.2C7H9N.2C2H6.CH4.2BH4/c2*1-9(2)14-7(11)6(8(12)15-9)5(10)4-13-3;2*8-6-7-4-2-1-3-5-7;2*1-2;;;/h2*10H,4H2,1-3H3;2*1-5H,6,8H2;2*1-2H3;3*1H4/q;;;;;;;2*-1. The van der Waals surface area contributed by atoms with Crippen molar-refractivity contribution in [1.29, 1.82) is 0 Å². The zero-order valence-corrected chi connectivity index (χ0v) is 30.7. The number of cyclic esters (lactones) is 4. The molecule has 2 aromatic carbocycles. The Hall–Kier alpha value is -4.63. The molecule has 0 bridgehead atoms. The molecule has 0 atom stereocenters. The van der Waals surface area contributed by atoms with Gasteiger partial charge in [-0.2, -0.15) is 0 Å². The average Bonchev–Trinajstić information content (AvgIpc) is 3.06. The molecule has 53 heavy (non-hydrogen) atoms. The van der Waals surface area contributed by atoms with E-state index in [1.54, 1.807) is 0 Å². The lowest BCUT2D eigenvalue weighted by Crippen LogP contribution is -2.42. The molecule has 0 amide bonds. The van der Waals surface area contributed by atoms with E-state index in [4.69, 9.17) is 30.4 Å². The summed E-state index contributed by atoms with van der Waals surface area (Å²) in [4.78, 5) is 45.4. The van der Waals surface area contributed by atoms with Gasteiger partial charge >= 0.3 is 23.9 Å². The first-order chi connectivity index (χ1) is 23.6. The fourth-order valence-electron chi connectivity index (χ4n) is 3.42. The molecule has 0 aliphatic carbocycles. The van der Waals surface area contributed by atoms with Gasteiger partial charge in [-0.15, -0.1) is 0 Å². The molecule has 16 heteroatoms. The van der Waals surface area contributed by atoms with Gasteiger partial charge in [0, 0.05) is 55.0 Å². The predicted octanol–water partition coefficient (Wildman–Crippen LogP) is 2.64. The highest BCUT2D eigenvalue weighted by molar-refractivity contribution is 6.16. The number of carbonyl (C=O) groups excluding carboxylic acids is 4. The second-order valence-corrected chi connectivity index (χ2v) is 10.2. The molecule has 2 aliphatic rings. The van der Waals surface area contributed by atoms with Gasteiger partial charge in [-0.1, -0.05) is 113 Å². The zero-order chi connectivity index (χ0) is 38.9. The highest BCUT2D eigenvalue weighted by Crippen LogP contribution is 2.25. The summed E-state index contributed by atoms with van der Waals surface area (Å²) in [6.07, 6.45) is 0. The van der Waals surface area contributed by atoms with E-state index in [0.29, 0.717) is 13.1 Å². The van der Waals surface area contributed by atoms with Crippen LogP contribution in [-0.2, 0) is 60.7 Å². The molecule has 0 radical (unpaired) electrons. The first-order valence-corrected chi connectivity index (χ1v) is 15.8. The summed E-state index contributed by atoms with van der Waals surface area (Å²) in [5.74, 6) is -7.24. The minimum Gasteiger partial charge on any atom is -0.509 e. The lowest BCUT2D eigenvalue weighted by Gasteiger charge is -2.30. The van der Waals surface area contributed by atoms with Crippen molar-refractivity contribution in [2.75, 3.05) is 27.4 Å². The number of ether oxygens (including phenoxy) is 6. The quantitative estimate of drug-likeness (QED) is 0.110. The first kappa shape index (κ1) is 57.7. The highest BCUT2D eigenvalue weighted by Gasteiger charge is 2.42. The predicted molar refractivity (Wildman–Crippen MR) is 216 cm³/mol. The molecule has 2 aliphatic heterocycles. The second-order valence-electron chi connectivity index (χ2n) is 10.2. The summed E-state index contributed by atoms with van der Waals surface area (Å²) in [5.41, 5.74) is 12.0. The number of esters is 4.